The molecule has 0 aliphatic rings. The van der Waals surface area contributed by atoms with E-state index in [0.717, 1.165) is 6.42 Å². The minimum atomic E-state index is -0.933. The molecule has 0 saturated heterocycles. The van der Waals surface area contributed by atoms with Gasteiger partial charge in [0.2, 0.25) is 0 Å². The minimum absolute atomic E-state index is 0.111. The summed E-state index contributed by atoms with van der Waals surface area (Å²) in [6.07, 6.45) is 1.24. The first-order valence-electron chi connectivity index (χ1n) is 3.91. The molecule has 0 atom stereocenters. The quantitative estimate of drug-likeness (QED) is 0.374. The molecule has 12 heavy (non-hydrogen) atoms. The Bertz CT molecular complexity index is 156. The molecule has 70 valence electrons. The third kappa shape index (κ3) is 5.88. The van der Waals surface area contributed by atoms with E-state index in [9.17, 15) is 4.79 Å². The topological polar surface area (TPSA) is 69.6 Å². The number of carboxylic acids is 1. The van der Waals surface area contributed by atoms with Crippen molar-refractivity contribution in [1.29, 1.82) is 0 Å². The van der Waals surface area contributed by atoms with Crippen molar-refractivity contribution in [2.75, 3.05) is 19.7 Å². The molecule has 0 aliphatic carbocycles. The summed E-state index contributed by atoms with van der Waals surface area (Å²) in [5, 5.41) is 19.8. The van der Waals surface area contributed by atoms with Crippen LogP contribution in [-0.4, -0.2) is 35.9 Å². The van der Waals surface area contributed by atoms with E-state index in [1.807, 2.05) is 0 Å². The summed E-state index contributed by atoms with van der Waals surface area (Å²) in [4.78, 5) is 10.3. The van der Waals surface area contributed by atoms with Gasteiger partial charge in [-0.2, -0.15) is 0 Å². The van der Waals surface area contributed by atoms with Crippen LogP contribution in [0.1, 0.15) is 12.8 Å². The highest BCUT2D eigenvalue weighted by Gasteiger charge is 2.01. The summed E-state index contributed by atoms with van der Waals surface area (Å²) in [6, 6.07) is 0. The lowest BCUT2D eigenvalue weighted by molar-refractivity contribution is -0.132. The second kappa shape index (κ2) is 6.82. The van der Waals surface area contributed by atoms with Crippen LogP contribution in [0.3, 0.4) is 0 Å². The first-order valence-corrected chi connectivity index (χ1v) is 3.91. The standard InChI is InChI=1S/C8H15NO3/c1-7(8(11)12)3-2-4-9-5-6-10/h9-10H,1-6H2,(H,11,12). The average Bonchev–Trinajstić information content (AvgIpc) is 2.03. The zero-order valence-corrected chi connectivity index (χ0v) is 7.05. The normalized spacial score (nSPS) is 9.75. The summed E-state index contributed by atoms with van der Waals surface area (Å²) in [5.41, 5.74) is 0.237. The van der Waals surface area contributed by atoms with E-state index in [2.05, 4.69) is 11.9 Å². The first-order chi connectivity index (χ1) is 5.68. The molecule has 0 fully saturated rings. The second-order valence-corrected chi connectivity index (χ2v) is 2.49. The molecular weight excluding hydrogens is 158 g/mol. The van der Waals surface area contributed by atoms with Gasteiger partial charge in [0.05, 0.1) is 6.61 Å². The molecule has 0 aromatic carbocycles. The van der Waals surface area contributed by atoms with Crippen LogP contribution in [0.4, 0.5) is 0 Å². The van der Waals surface area contributed by atoms with Gasteiger partial charge in [-0.1, -0.05) is 6.58 Å². The van der Waals surface area contributed by atoms with Crippen LogP contribution >= 0.6 is 0 Å². The van der Waals surface area contributed by atoms with Crippen LogP contribution in [0.5, 0.6) is 0 Å². The minimum Gasteiger partial charge on any atom is -0.478 e. The highest BCUT2D eigenvalue weighted by molar-refractivity contribution is 5.85. The van der Waals surface area contributed by atoms with Crippen molar-refractivity contribution >= 4 is 5.97 Å². The molecule has 0 aliphatic heterocycles. The molecule has 0 radical (unpaired) electrons. The van der Waals surface area contributed by atoms with E-state index < -0.39 is 5.97 Å². The van der Waals surface area contributed by atoms with Crippen molar-refractivity contribution < 1.29 is 15.0 Å². The van der Waals surface area contributed by atoms with E-state index in [0.29, 0.717) is 19.5 Å². The summed E-state index contributed by atoms with van der Waals surface area (Å²) in [5.74, 6) is -0.933. The van der Waals surface area contributed by atoms with Gasteiger partial charge in [-0.3, -0.25) is 0 Å². The highest BCUT2D eigenvalue weighted by Crippen LogP contribution is 2.00. The lowest BCUT2D eigenvalue weighted by Crippen LogP contribution is -2.19. The molecule has 3 N–H and O–H groups in total. The van der Waals surface area contributed by atoms with Crippen LogP contribution in [0.2, 0.25) is 0 Å². The van der Waals surface area contributed by atoms with E-state index >= 15 is 0 Å². The maximum Gasteiger partial charge on any atom is 0.330 e. The molecule has 0 spiro atoms. The summed E-state index contributed by atoms with van der Waals surface area (Å²) in [7, 11) is 0. The SMILES string of the molecule is C=C(CCCNCCO)C(=O)O. The molecule has 4 heteroatoms. The van der Waals surface area contributed by atoms with Gasteiger partial charge in [-0.05, 0) is 19.4 Å². The number of hydrogen-bond acceptors (Lipinski definition) is 3. The first kappa shape index (κ1) is 11.1. The number of carboxylic acid groups (broad SMARTS) is 1. The van der Waals surface area contributed by atoms with Crippen molar-refractivity contribution in [2.24, 2.45) is 0 Å². The molecular formula is C8H15NO3. The van der Waals surface area contributed by atoms with Crippen LogP contribution in [-0.2, 0) is 4.79 Å². The number of aliphatic hydroxyl groups excluding tert-OH is 1. The van der Waals surface area contributed by atoms with Crippen molar-refractivity contribution in [3.63, 3.8) is 0 Å². The molecule has 0 amide bonds. The molecule has 0 heterocycles. The van der Waals surface area contributed by atoms with Crippen molar-refractivity contribution in [1.82, 2.24) is 5.32 Å². The smallest absolute Gasteiger partial charge is 0.330 e. The van der Waals surface area contributed by atoms with Crippen molar-refractivity contribution in [2.45, 2.75) is 12.8 Å². The third-order valence-electron chi connectivity index (χ3n) is 1.42. The van der Waals surface area contributed by atoms with E-state index in [1.54, 1.807) is 0 Å². The Kier molecular flexibility index (Phi) is 6.32. The number of aliphatic carboxylic acids is 1. The summed E-state index contributed by atoms with van der Waals surface area (Å²) >= 11 is 0. The lowest BCUT2D eigenvalue weighted by atomic mass is 10.2. The van der Waals surface area contributed by atoms with Gasteiger partial charge in [0.15, 0.2) is 0 Å². The van der Waals surface area contributed by atoms with E-state index in [-0.39, 0.29) is 12.2 Å². The van der Waals surface area contributed by atoms with E-state index in [4.69, 9.17) is 10.2 Å². The Hall–Kier alpha value is -0.870. The number of aliphatic hydroxyl groups is 1. The molecule has 0 unspecified atom stereocenters. The van der Waals surface area contributed by atoms with Gasteiger partial charge in [0.25, 0.3) is 0 Å². The molecule has 0 aromatic rings. The molecule has 0 bridgehead atoms. The Morgan fingerprint density at radius 2 is 2.08 bits per heavy atom. The fourth-order valence-corrected chi connectivity index (χ4v) is 0.738. The monoisotopic (exact) mass is 173 g/mol. The third-order valence-corrected chi connectivity index (χ3v) is 1.42. The van der Waals surface area contributed by atoms with Crippen LogP contribution < -0.4 is 5.32 Å². The molecule has 0 aromatic heterocycles. The zero-order chi connectivity index (χ0) is 9.40. The van der Waals surface area contributed by atoms with Crippen LogP contribution in [0.25, 0.3) is 0 Å². The number of nitrogens with one attached hydrogen (secondary N) is 1. The van der Waals surface area contributed by atoms with Gasteiger partial charge >= 0.3 is 5.97 Å². The Morgan fingerprint density at radius 3 is 2.58 bits per heavy atom. The van der Waals surface area contributed by atoms with Gasteiger partial charge in [-0.15, -0.1) is 0 Å². The van der Waals surface area contributed by atoms with Crippen molar-refractivity contribution in [3.8, 4) is 0 Å². The fraction of sp³-hybridized carbons (Fsp3) is 0.625. The Labute approximate surface area is 71.9 Å². The molecule has 0 saturated carbocycles. The number of rotatable bonds is 7. The van der Waals surface area contributed by atoms with Gasteiger partial charge < -0.3 is 15.5 Å². The fourth-order valence-electron chi connectivity index (χ4n) is 0.738. The largest absolute Gasteiger partial charge is 0.478 e. The second-order valence-electron chi connectivity index (χ2n) is 2.49. The van der Waals surface area contributed by atoms with Gasteiger partial charge in [-0.25, -0.2) is 4.79 Å². The Balaban J connectivity index is 3.20. The maximum atomic E-state index is 10.3. The number of carbonyl (C=O) groups is 1. The summed E-state index contributed by atoms with van der Waals surface area (Å²) < 4.78 is 0. The van der Waals surface area contributed by atoms with Crippen LogP contribution in [0.15, 0.2) is 12.2 Å². The van der Waals surface area contributed by atoms with E-state index in [1.165, 1.54) is 0 Å². The number of hydrogen-bond donors (Lipinski definition) is 3. The lowest BCUT2D eigenvalue weighted by Gasteiger charge is -2.01. The molecule has 4 nitrogen and oxygen atoms in total. The summed E-state index contributed by atoms with van der Waals surface area (Å²) in [6.45, 7) is 4.78. The van der Waals surface area contributed by atoms with Gasteiger partial charge in [0, 0.05) is 12.1 Å². The maximum absolute atomic E-state index is 10.3. The average molecular weight is 173 g/mol. The Morgan fingerprint density at radius 1 is 1.42 bits per heavy atom. The van der Waals surface area contributed by atoms with Crippen molar-refractivity contribution in [3.05, 3.63) is 12.2 Å². The molecule has 0 rings (SSSR count). The highest BCUT2D eigenvalue weighted by atomic mass is 16.4. The van der Waals surface area contributed by atoms with Crippen LogP contribution in [0, 0.1) is 0 Å². The van der Waals surface area contributed by atoms with Gasteiger partial charge in [0.1, 0.15) is 0 Å². The zero-order valence-electron chi connectivity index (χ0n) is 7.05. The predicted octanol–water partition coefficient (Wildman–Crippen LogP) is -0.0107. The predicted molar refractivity (Wildman–Crippen MR) is 46.0 cm³/mol.